The van der Waals surface area contributed by atoms with Gasteiger partial charge in [-0.15, -0.1) is 0 Å². The molecular formula is C6H9AsN2. The quantitative estimate of drug-likeness (QED) is 0.583. The van der Waals surface area contributed by atoms with Crippen LogP contribution in [0.2, 0.25) is 0 Å². The summed E-state index contributed by atoms with van der Waals surface area (Å²) in [5, 5.41) is 0.688. The summed E-state index contributed by atoms with van der Waals surface area (Å²) in [4.78, 5) is 3.78. The SMILES string of the molecule is NC[As].c1ccncc1. The normalized spacial score (nSPS) is 7.33. The zero-order valence-corrected chi connectivity index (χ0v) is 6.94. The summed E-state index contributed by atoms with van der Waals surface area (Å²) in [6.07, 6.45) is 3.50. The second-order valence-corrected chi connectivity index (χ2v) is 1.97. The molecule has 0 saturated heterocycles. The first kappa shape index (κ1) is 8.67. The van der Waals surface area contributed by atoms with Crippen LogP contribution in [0.5, 0.6) is 0 Å². The van der Waals surface area contributed by atoms with Gasteiger partial charge in [0.2, 0.25) is 0 Å². The minimum atomic E-state index is 0.688. The van der Waals surface area contributed by atoms with Crippen LogP contribution < -0.4 is 5.73 Å². The van der Waals surface area contributed by atoms with E-state index in [9.17, 15) is 0 Å². The molecule has 2 radical (unpaired) electrons. The molecular weight excluding hydrogens is 175 g/mol. The molecule has 1 aromatic heterocycles. The van der Waals surface area contributed by atoms with E-state index in [1.165, 1.54) is 0 Å². The number of pyridine rings is 1. The molecule has 3 heteroatoms. The number of rotatable bonds is 0. The average molecular weight is 184 g/mol. The van der Waals surface area contributed by atoms with Crippen LogP contribution in [0.4, 0.5) is 0 Å². The first-order valence-electron chi connectivity index (χ1n) is 2.57. The molecule has 9 heavy (non-hydrogen) atoms. The molecule has 0 unspecified atom stereocenters. The molecule has 0 bridgehead atoms. The van der Waals surface area contributed by atoms with Crippen molar-refractivity contribution in [3.05, 3.63) is 30.6 Å². The first-order chi connectivity index (χ1) is 4.41. The first-order valence-corrected chi connectivity index (χ1v) is 3.90. The molecule has 1 aromatic rings. The van der Waals surface area contributed by atoms with Crippen molar-refractivity contribution in [2.24, 2.45) is 5.73 Å². The topological polar surface area (TPSA) is 38.9 Å². The van der Waals surface area contributed by atoms with Crippen molar-refractivity contribution < 1.29 is 0 Å². The van der Waals surface area contributed by atoms with Gasteiger partial charge in [-0.3, -0.25) is 4.98 Å². The van der Waals surface area contributed by atoms with Crippen LogP contribution in [0.3, 0.4) is 0 Å². The maximum atomic E-state index is 4.82. The second kappa shape index (κ2) is 7.67. The summed E-state index contributed by atoms with van der Waals surface area (Å²) < 4.78 is 0. The molecule has 48 valence electrons. The Hall–Kier alpha value is -0.332. The Balaban J connectivity index is 0.000000187. The van der Waals surface area contributed by atoms with E-state index in [1.54, 1.807) is 12.4 Å². The number of hydrogen-bond donors (Lipinski definition) is 1. The van der Waals surface area contributed by atoms with E-state index >= 15 is 0 Å². The van der Waals surface area contributed by atoms with Gasteiger partial charge >= 0.3 is 27.9 Å². The Labute approximate surface area is 64.0 Å². The van der Waals surface area contributed by atoms with Crippen LogP contribution in [-0.2, 0) is 0 Å². The van der Waals surface area contributed by atoms with E-state index in [4.69, 9.17) is 5.73 Å². The fraction of sp³-hybridized carbons (Fsp3) is 0.167. The Morgan fingerprint density at radius 2 is 1.67 bits per heavy atom. The molecule has 0 aromatic carbocycles. The van der Waals surface area contributed by atoms with Crippen molar-refractivity contribution in [2.45, 2.75) is 0 Å². The molecule has 2 N–H and O–H groups in total. The Morgan fingerprint density at radius 3 is 1.78 bits per heavy atom. The van der Waals surface area contributed by atoms with Crippen LogP contribution >= 0.6 is 0 Å². The number of aromatic nitrogens is 1. The van der Waals surface area contributed by atoms with Gasteiger partial charge in [-0.05, 0) is 12.1 Å². The van der Waals surface area contributed by atoms with Gasteiger partial charge in [-0.1, -0.05) is 6.07 Å². The summed E-state index contributed by atoms with van der Waals surface area (Å²) in [6.45, 7) is 0. The molecule has 0 saturated carbocycles. The van der Waals surface area contributed by atoms with E-state index in [0.29, 0.717) is 5.33 Å². The third-order valence-electron chi connectivity index (χ3n) is 0.566. The van der Waals surface area contributed by atoms with Crippen LogP contribution in [0.1, 0.15) is 0 Å². The van der Waals surface area contributed by atoms with E-state index < -0.39 is 0 Å². The van der Waals surface area contributed by atoms with E-state index in [0.717, 1.165) is 0 Å². The summed E-state index contributed by atoms with van der Waals surface area (Å²) in [7, 11) is 0. The predicted molar refractivity (Wildman–Crippen MR) is 39.0 cm³/mol. The smallest absolute Gasteiger partial charge is 0.0267 e. The van der Waals surface area contributed by atoms with E-state index in [2.05, 4.69) is 21.8 Å². The van der Waals surface area contributed by atoms with Crippen molar-refractivity contribution in [3.8, 4) is 0 Å². The van der Waals surface area contributed by atoms with Crippen molar-refractivity contribution >= 4 is 16.9 Å². The van der Waals surface area contributed by atoms with Gasteiger partial charge in [-0.25, -0.2) is 0 Å². The van der Waals surface area contributed by atoms with Crippen molar-refractivity contribution in [1.29, 1.82) is 0 Å². The van der Waals surface area contributed by atoms with Crippen LogP contribution in [0, 0.1) is 0 Å². The van der Waals surface area contributed by atoms with Crippen molar-refractivity contribution in [2.75, 3.05) is 5.33 Å². The van der Waals surface area contributed by atoms with Gasteiger partial charge in [0.25, 0.3) is 0 Å². The van der Waals surface area contributed by atoms with Crippen LogP contribution in [-0.4, -0.2) is 27.2 Å². The molecule has 2 nitrogen and oxygen atoms in total. The van der Waals surface area contributed by atoms with Crippen LogP contribution in [0.25, 0.3) is 0 Å². The van der Waals surface area contributed by atoms with Gasteiger partial charge in [0.1, 0.15) is 0 Å². The predicted octanol–water partition coefficient (Wildman–Crippen LogP) is 0.153. The third-order valence-corrected chi connectivity index (χ3v) is 0.566. The van der Waals surface area contributed by atoms with E-state index in [1.807, 2.05) is 18.2 Å². The zero-order valence-electron chi connectivity index (χ0n) is 5.07. The van der Waals surface area contributed by atoms with Crippen molar-refractivity contribution in [1.82, 2.24) is 4.98 Å². The van der Waals surface area contributed by atoms with Crippen molar-refractivity contribution in [3.63, 3.8) is 0 Å². The molecule has 0 fully saturated rings. The summed E-state index contributed by atoms with van der Waals surface area (Å²) in [5.41, 5.74) is 4.82. The Bertz CT molecular complexity index is 93.9. The molecule has 0 aliphatic rings. The average Bonchev–Trinajstić information content (AvgIpc) is 1.93. The van der Waals surface area contributed by atoms with E-state index in [-0.39, 0.29) is 0 Å². The fourth-order valence-corrected chi connectivity index (χ4v) is 0.313. The molecule has 0 atom stereocenters. The Morgan fingerprint density at radius 1 is 1.22 bits per heavy atom. The minimum absolute atomic E-state index is 0.688. The third kappa shape index (κ3) is 7.67. The van der Waals surface area contributed by atoms with Gasteiger partial charge < -0.3 is 0 Å². The maximum absolute atomic E-state index is 4.82. The Kier molecular flexibility index (Phi) is 7.39. The molecule has 0 aliphatic carbocycles. The minimum Gasteiger partial charge on any atom is -0.265 e. The second-order valence-electron chi connectivity index (χ2n) is 1.21. The molecule has 0 spiro atoms. The molecule has 0 aliphatic heterocycles. The number of hydrogen-bond acceptors (Lipinski definition) is 2. The van der Waals surface area contributed by atoms with Gasteiger partial charge in [0.15, 0.2) is 0 Å². The van der Waals surface area contributed by atoms with Gasteiger partial charge in [0, 0.05) is 12.4 Å². The van der Waals surface area contributed by atoms with Gasteiger partial charge in [-0.2, -0.15) is 0 Å². The maximum Gasteiger partial charge on any atom is 0.0267 e. The molecule has 1 rings (SSSR count). The molecule has 0 amide bonds. The number of nitrogens with zero attached hydrogens (tertiary/aromatic N) is 1. The monoisotopic (exact) mass is 184 g/mol. The zero-order chi connectivity index (χ0) is 6.95. The molecule has 1 heterocycles. The standard InChI is InChI=1S/C5H5N.CH4AsN/c1-2-4-6-5-3-1;2-1-3/h1-5H;1,3H2. The van der Waals surface area contributed by atoms with Crippen LogP contribution in [0.15, 0.2) is 30.6 Å². The summed E-state index contributed by atoms with van der Waals surface area (Å²) in [6, 6.07) is 5.72. The summed E-state index contributed by atoms with van der Waals surface area (Å²) >= 11 is 2.24. The number of nitrogens with two attached hydrogens (primary N) is 1. The fourth-order valence-electron chi connectivity index (χ4n) is 0.313. The largest absolute Gasteiger partial charge is 0.265 e. The summed E-state index contributed by atoms with van der Waals surface area (Å²) in [5.74, 6) is 0. The van der Waals surface area contributed by atoms with Gasteiger partial charge in [0.05, 0.1) is 0 Å².